The number of amides is 1. The molecule has 1 amide bonds. The van der Waals surface area contributed by atoms with Crippen molar-refractivity contribution >= 4 is 16.9 Å². The van der Waals surface area contributed by atoms with Gasteiger partial charge in [0.2, 0.25) is 5.91 Å². The standard InChI is InChI=1S/C16H16F3N3O2/c17-16(18,19)11-4-3-7-21(9-11)15(24)10-22-13-6-2-1-5-12(13)20-8-14(22)23/h1-2,5-6,8,11H,3-4,7,9-10H2/t11-/m0/s1. The number of carbonyl (C=O) groups is 1. The third-order valence-corrected chi connectivity index (χ3v) is 4.28. The maximum absolute atomic E-state index is 12.9. The van der Waals surface area contributed by atoms with Crippen molar-refractivity contribution < 1.29 is 18.0 Å². The minimum atomic E-state index is -4.31. The number of benzene rings is 1. The quantitative estimate of drug-likeness (QED) is 0.843. The highest BCUT2D eigenvalue weighted by Crippen LogP contribution is 2.33. The zero-order chi connectivity index (χ0) is 17.3. The van der Waals surface area contributed by atoms with Gasteiger partial charge in [-0.15, -0.1) is 0 Å². The van der Waals surface area contributed by atoms with Crippen LogP contribution in [0.4, 0.5) is 13.2 Å². The van der Waals surface area contributed by atoms with Gasteiger partial charge >= 0.3 is 6.18 Å². The molecule has 2 heterocycles. The first-order valence-electron chi connectivity index (χ1n) is 7.65. The van der Waals surface area contributed by atoms with E-state index in [2.05, 4.69) is 4.98 Å². The molecular formula is C16H16F3N3O2. The van der Waals surface area contributed by atoms with Gasteiger partial charge < -0.3 is 4.90 Å². The van der Waals surface area contributed by atoms with E-state index in [4.69, 9.17) is 0 Å². The van der Waals surface area contributed by atoms with Crippen LogP contribution in [0.25, 0.3) is 11.0 Å². The van der Waals surface area contributed by atoms with Gasteiger partial charge in [0, 0.05) is 13.1 Å². The molecule has 1 aliphatic heterocycles. The summed E-state index contributed by atoms with van der Waals surface area (Å²) in [6.45, 7) is -0.351. The molecule has 0 N–H and O–H groups in total. The van der Waals surface area contributed by atoms with Crippen LogP contribution in [0, 0.1) is 5.92 Å². The van der Waals surface area contributed by atoms with Crippen molar-refractivity contribution in [2.45, 2.75) is 25.6 Å². The summed E-state index contributed by atoms with van der Waals surface area (Å²) in [5, 5.41) is 0. The van der Waals surface area contributed by atoms with E-state index in [0.29, 0.717) is 17.5 Å². The second-order valence-corrected chi connectivity index (χ2v) is 5.89. The number of hydrogen-bond acceptors (Lipinski definition) is 3. The molecule has 1 aliphatic rings. The van der Waals surface area contributed by atoms with Crippen LogP contribution in [-0.4, -0.2) is 39.6 Å². The molecule has 5 nitrogen and oxygen atoms in total. The highest BCUT2D eigenvalue weighted by atomic mass is 19.4. The van der Waals surface area contributed by atoms with Gasteiger partial charge in [0.1, 0.15) is 6.54 Å². The van der Waals surface area contributed by atoms with Crippen molar-refractivity contribution in [2.75, 3.05) is 13.1 Å². The average Bonchev–Trinajstić information content (AvgIpc) is 2.57. The summed E-state index contributed by atoms with van der Waals surface area (Å²) >= 11 is 0. The van der Waals surface area contributed by atoms with Crippen LogP contribution < -0.4 is 5.56 Å². The molecule has 0 saturated carbocycles. The van der Waals surface area contributed by atoms with Crippen LogP contribution in [0.5, 0.6) is 0 Å². The Bertz CT molecular complexity index is 816. The van der Waals surface area contributed by atoms with Gasteiger partial charge in [0.15, 0.2) is 0 Å². The topological polar surface area (TPSA) is 55.2 Å². The molecule has 0 spiro atoms. The number of nitrogens with zero attached hydrogens (tertiary/aromatic N) is 3. The molecular weight excluding hydrogens is 323 g/mol. The third kappa shape index (κ3) is 3.27. The van der Waals surface area contributed by atoms with Crippen molar-refractivity contribution in [1.82, 2.24) is 14.5 Å². The zero-order valence-corrected chi connectivity index (χ0v) is 12.8. The van der Waals surface area contributed by atoms with E-state index >= 15 is 0 Å². The number of halogens is 3. The van der Waals surface area contributed by atoms with Crippen LogP contribution in [-0.2, 0) is 11.3 Å². The molecule has 1 aromatic carbocycles. The Hall–Kier alpha value is -2.38. The molecule has 0 radical (unpaired) electrons. The average molecular weight is 339 g/mol. The zero-order valence-electron chi connectivity index (χ0n) is 12.8. The first-order valence-corrected chi connectivity index (χ1v) is 7.65. The summed E-state index contributed by atoms with van der Waals surface area (Å²) in [7, 11) is 0. The second kappa shape index (κ2) is 6.26. The van der Waals surface area contributed by atoms with Gasteiger partial charge in [-0.25, -0.2) is 4.98 Å². The summed E-state index contributed by atoms with van der Waals surface area (Å²) in [5.74, 6) is -1.98. The van der Waals surface area contributed by atoms with E-state index in [1.54, 1.807) is 24.3 Å². The van der Waals surface area contributed by atoms with Gasteiger partial charge in [0.25, 0.3) is 5.56 Å². The normalized spacial score (nSPS) is 18.8. The largest absolute Gasteiger partial charge is 0.393 e. The molecule has 3 rings (SSSR count). The van der Waals surface area contributed by atoms with Crippen molar-refractivity contribution in [2.24, 2.45) is 5.92 Å². The highest BCUT2D eigenvalue weighted by Gasteiger charge is 2.42. The lowest BCUT2D eigenvalue weighted by molar-refractivity contribution is -0.188. The van der Waals surface area contributed by atoms with Crippen LogP contribution in [0.1, 0.15) is 12.8 Å². The van der Waals surface area contributed by atoms with Gasteiger partial charge in [0.05, 0.1) is 23.1 Å². The van der Waals surface area contributed by atoms with Crippen molar-refractivity contribution in [1.29, 1.82) is 0 Å². The first kappa shape index (κ1) is 16.5. The minimum absolute atomic E-state index is 0.0332. The predicted octanol–water partition coefficient (Wildman–Crippen LogP) is 2.20. The van der Waals surface area contributed by atoms with E-state index in [9.17, 15) is 22.8 Å². The molecule has 0 unspecified atom stereocenters. The van der Waals surface area contributed by atoms with Gasteiger partial charge in [-0.05, 0) is 25.0 Å². The van der Waals surface area contributed by atoms with Gasteiger partial charge in [-0.3, -0.25) is 14.2 Å². The molecule has 8 heteroatoms. The number of rotatable bonds is 2. The van der Waals surface area contributed by atoms with Crippen LogP contribution in [0.15, 0.2) is 35.3 Å². The summed E-state index contributed by atoms with van der Waals surface area (Å²) in [6.07, 6.45) is -2.85. The lowest BCUT2D eigenvalue weighted by atomic mass is 9.97. The molecule has 128 valence electrons. The van der Waals surface area contributed by atoms with Crippen LogP contribution in [0.3, 0.4) is 0 Å². The number of likely N-dealkylation sites (tertiary alicyclic amines) is 1. The van der Waals surface area contributed by atoms with Crippen molar-refractivity contribution in [3.63, 3.8) is 0 Å². The number of aromatic nitrogens is 2. The third-order valence-electron chi connectivity index (χ3n) is 4.28. The molecule has 2 aromatic rings. The summed E-state index contributed by atoms with van der Waals surface area (Å²) < 4.78 is 39.9. The SMILES string of the molecule is O=C(Cn1c(=O)cnc2ccccc21)N1CCC[C@H](C(F)(F)F)C1. The maximum Gasteiger partial charge on any atom is 0.393 e. The number of para-hydroxylation sites is 2. The van der Waals surface area contributed by atoms with E-state index in [0.717, 1.165) is 6.20 Å². The molecule has 1 fully saturated rings. The highest BCUT2D eigenvalue weighted by molar-refractivity contribution is 5.80. The first-order chi connectivity index (χ1) is 11.4. The number of hydrogen-bond donors (Lipinski definition) is 0. The molecule has 1 atom stereocenters. The van der Waals surface area contributed by atoms with Crippen LogP contribution >= 0.6 is 0 Å². The monoisotopic (exact) mass is 339 g/mol. The summed E-state index contributed by atoms with van der Waals surface area (Å²) in [6, 6.07) is 6.83. The Morgan fingerprint density at radius 1 is 1.29 bits per heavy atom. The molecule has 0 aliphatic carbocycles. The van der Waals surface area contributed by atoms with E-state index < -0.39 is 23.6 Å². The van der Waals surface area contributed by atoms with Crippen LogP contribution in [0.2, 0.25) is 0 Å². The Morgan fingerprint density at radius 2 is 2.04 bits per heavy atom. The lowest BCUT2D eigenvalue weighted by Crippen LogP contribution is -2.46. The number of alkyl halides is 3. The minimum Gasteiger partial charge on any atom is -0.341 e. The lowest BCUT2D eigenvalue weighted by Gasteiger charge is -2.33. The fraction of sp³-hybridized carbons (Fsp3) is 0.438. The van der Waals surface area contributed by atoms with E-state index in [1.807, 2.05) is 0 Å². The smallest absolute Gasteiger partial charge is 0.341 e. The second-order valence-electron chi connectivity index (χ2n) is 5.89. The number of carbonyl (C=O) groups excluding carboxylic acids is 1. The molecule has 24 heavy (non-hydrogen) atoms. The Morgan fingerprint density at radius 3 is 2.79 bits per heavy atom. The summed E-state index contributed by atoms with van der Waals surface area (Å²) in [5.41, 5.74) is 0.589. The Labute approximate surface area is 135 Å². The fourth-order valence-electron chi connectivity index (χ4n) is 2.98. The fourth-order valence-corrected chi connectivity index (χ4v) is 2.98. The molecule has 0 bridgehead atoms. The van der Waals surface area contributed by atoms with Crippen molar-refractivity contribution in [3.05, 3.63) is 40.8 Å². The Balaban J connectivity index is 1.83. The van der Waals surface area contributed by atoms with E-state index in [-0.39, 0.29) is 26.1 Å². The maximum atomic E-state index is 12.9. The molecule has 1 saturated heterocycles. The number of piperidine rings is 1. The Kier molecular flexibility index (Phi) is 4.29. The van der Waals surface area contributed by atoms with Gasteiger partial charge in [-0.1, -0.05) is 12.1 Å². The van der Waals surface area contributed by atoms with Crippen molar-refractivity contribution in [3.8, 4) is 0 Å². The summed E-state index contributed by atoms with van der Waals surface area (Å²) in [4.78, 5) is 29.6. The molecule has 1 aromatic heterocycles. The van der Waals surface area contributed by atoms with E-state index in [1.165, 1.54) is 9.47 Å². The predicted molar refractivity (Wildman–Crippen MR) is 81.4 cm³/mol. The van der Waals surface area contributed by atoms with Gasteiger partial charge in [-0.2, -0.15) is 13.2 Å². The number of fused-ring (bicyclic) bond motifs is 1.